The van der Waals surface area contributed by atoms with Crippen LogP contribution in [0.3, 0.4) is 0 Å². The molecule has 8 heteroatoms. The first-order chi connectivity index (χ1) is 22.4. The molecular formula is C38H28O8. The van der Waals surface area contributed by atoms with Crippen LogP contribution in [0.25, 0.3) is 32.3 Å². The van der Waals surface area contributed by atoms with Crippen LogP contribution in [0, 0.1) is 0 Å². The summed E-state index contributed by atoms with van der Waals surface area (Å²) in [5, 5.41) is 16.3. The van der Waals surface area contributed by atoms with E-state index < -0.39 is 42.5 Å². The Bertz CT molecular complexity index is 2100. The zero-order valence-electron chi connectivity index (χ0n) is 24.4. The summed E-state index contributed by atoms with van der Waals surface area (Å²) in [7, 11) is 0. The lowest BCUT2D eigenvalue weighted by Crippen LogP contribution is -2.42. The van der Waals surface area contributed by atoms with Gasteiger partial charge in [0.1, 0.15) is 12.7 Å². The molecule has 0 saturated carbocycles. The molecule has 0 bridgehead atoms. The lowest BCUT2D eigenvalue weighted by atomic mass is 10.1. The molecule has 7 rings (SSSR count). The van der Waals surface area contributed by atoms with Crippen molar-refractivity contribution in [2.24, 2.45) is 0 Å². The van der Waals surface area contributed by atoms with E-state index in [2.05, 4.69) is 0 Å². The Kier molecular flexibility index (Phi) is 7.88. The van der Waals surface area contributed by atoms with Crippen LogP contribution in [0.4, 0.5) is 0 Å². The van der Waals surface area contributed by atoms with Crippen LogP contribution in [-0.4, -0.2) is 54.2 Å². The Morgan fingerprint density at radius 2 is 0.913 bits per heavy atom. The highest BCUT2D eigenvalue weighted by atomic mass is 16.7. The van der Waals surface area contributed by atoms with E-state index in [1.807, 2.05) is 78.9 Å². The van der Waals surface area contributed by atoms with Gasteiger partial charge >= 0.3 is 17.9 Å². The van der Waals surface area contributed by atoms with Gasteiger partial charge in [0.25, 0.3) is 0 Å². The highest BCUT2D eigenvalue weighted by Crippen LogP contribution is 2.29. The van der Waals surface area contributed by atoms with Crippen molar-refractivity contribution in [2.75, 3.05) is 6.61 Å². The van der Waals surface area contributed by atoms with Gasteiger partial charge in [0, 0.05) is 0 Å². The molecule has 1 saturated heterocycles. The Morgan fingerprint density at radius 3 is 1.37 bits per heavy atom. The minimum absolute atomic E-state index is 0.247. The number of aliphatic hydroxyl groups is 1. The van der Waals surface area contributed by atoms with Gasteiger partial charge in [0.05, 0.1) is 16.7 Å². The Morgan fingerprint density at radius 1 is 0.522 bits per heavy atom. The van der Waals surface area contributed by atoms with E-state index in [1.165, 1.54) is 0 Å². The van der Waals surface area contributed by atoms with Crippen molar-refractivity contribution in [1.29, 1.82) is 0 Å². The number of aliphatic hydroxyl groups excluding tert-OH is 1. The van der Waals surface area contributed by atoms with Crippen LogP contribution in [0.15, 0.2) is 127 Å². The smallest absolute Gasteiger partial charge is 0.338 e. The van der Waals surface area contributed by atoms with Crippen molar-refractivity contribution in [1.82, 2.24) is 0 Å². The van der Waals surface area contributed by atoms with E-state index >= 15 is 0 Å². The van der Waals surface area contributed by atoms with E-state index in [-0.39, 0.29) is 17.7 Å². The summed E-state index contributed by atoms with van der Waals surface area (Å²) in [5.74, 6) is -2.08. The van der Waals surface area contributed by atoms with Gasteiger partial charge in [-0.25, -0.2) is 14.4 Å². The molecule has 0 aliphatic carbocycles. The quantitative estimate of drug-likeness (QED) is 0.161. The van der Waals surface area contributed by atoms with Gasteiger partial charge in [0.15, 0.2) is 18.5 Å². The molecule has 1 fully saturated rings. The number of hydrogen-bond donors (Lipinski definition) is 1. The summed E-state index contributed by atoms with van der Waals surface area (Å²) in [6, 6.07) is 38.1. The van der Waals surface area contributed by atoms with Gasteiger partial charge < -0.3 is 24.1 Å². The summed E-state index contributed by atoms with van der Waals surface area (Å²) < 4.78 is 22.8. The van der Waals surface area contributed by atoms with Crippen molar-refractivity contribution in [2.45, 2.75) is 24.6 Å². The minimum atomic E-state index is -1.65. The minimum Gasteiger partial charge on any atom is -0.459 e. The summed E-state index contributed by atoms with van der Waals surface area (Å²) in [6.45, 7) is -0.373. The Balaban J connectivity index is 1.13. The van der Waals surface area contributed by atoms with Crippen LogP contribution < -0.4 is 0 Å². The second-order valence-corrected chi connectivity index (χ2v) is 11.1. The molecule has 0 aromatic heterocycles. The van der Waals surface area contributed by atoms with E-state index in [0.717, 1.165) is 32.3 Å². The lowest BCUT2D eigenvalue weighted by Gasteiger charge is -2.23. The van der Waals surface area contributed by atoms with Crippen molar-refractivity contribution in [3.63, 3.8) is 0 Å². The average molecular weight is 613 g/mol. The number of ether oxygens (including phenoxy) is 4. The van der Waals surface area contributed by atoms with E-state index in [0.29, 0.717) is 5.56 Å². The topological polar surface area (TPSA) is 108 Å². The molecule has 8 nitrogen and oxygen atoms in total. The third-order valence-electron chi connectivity index (χ3n) is 8.11. The molecule has 46 heavy (non-hydrogen) atoms. The number of hydrogen-bond acceptors (Lipinski definition) is 8. The first kappa shape index (κ1) is 29.2. The molecule has 4 atom stereocenters. The molecule has 1 unspecified atom stereocenters. The van der Waals surface area contributed by atoms with Crippen LogP contribution in [0.2, 0.25) is 0 Å². The predicted molar refractivity (Wildman–Crippen MR) is 171 cm³/mol. The molecule has 6 aromatic rings. The maximum Gasteiger partial charge on any atom is 0.338 e. The molecule has 0 spiro atoms. The van der Waals surface area contributed by atoms with Gasteiger partial charge in [-0.15, -0.1) is 0 Å². The van der Waals surface area contributed by atoms with Crippen LogP contribution in [-0.2, 0) is 18.9 Å². The summed E-state index contributed by atoms with van der Waals surface area (Å²) in [6.07, 6.45) is -5.46. The van der Waals surface area contributed by atoms with Gasteiger partial charge in [-0.1, -0.05) is 91.0 Å². The van der Waals surface area contributed by atoms with Gasteiger partial charge in [-0.2, -0.15) is 0 Å². The van der Waals surface area contributed by atoms with Crippen molar-refractivity contribution < 1.29 is 38.4 Å². The number of carbonyl (C=O) groups is 3. The molecule has 1 N–H and O–H groups in total. The summed E-state index contributed by atoms with van der Waals surface area (Å²) >= 11 is 0. The third-order valence-corrected chi connectivity index (χ3v) is 8.11. The highest BCUT2D eigenvalue weighted by Gasteiger charge is 2.50. The molecular weight excluding hydrogens is 584 g/mol. The monoisotopic (exact) mass is 612 g/mol. The number of fused-ring (bicyclic) bond motifs is 3. The maximum atomic E-state index is 13.4. The van der Waals surface area contributed by atoms with Crippen molar-refractivity contribution in [3.05, 3.63) is 144 Å². The number of benzene rings is 6. The Labute approximate surface area is 263 Å². The van der Waals surface area contributed by atoms with Crippen LogP contribution >= 0.6 is 0 Å². The third kappa shape index (κ3) is 5.91. The molecule has 228 valence electrons. The van der Waals surface area contributed by atoms with Gasteiger partial charge in [-0.05, 0) is 68.7 Å². The number of carbonyl (C=O) groups excluding carboxylic acids is 3. The number of rotatable bonds is 7. The molecule has 1 aliphatic heterocycles. The fraction of sp³-hybridized carbons (Fsp3) is 0.132. The van der Waals surface area contributed by atoms with E-state index in [4.69, 9.17) is 18.9 Å². The average Bonchev–Trinajstić information content (AvgIpc) is 3.38. The van der Waals surface area contributed by atoms with E-state index in [1.54, 1.807) is 48.5 Å². The SMILES string of the molecule is O=C(OC[C@@H]1OC(O)[C@H](OC(=O)c2ccc3ccccc3c2)[C@H]1OC(=O)c1ccc2ccccc2c1)c1ccc2ccccc2c1. The molecule has 1 aliphatic rings. The van der Waals surface area contributed by atoms with Crippen LogP contribution in [0.1, 0.15) is 31.1 Å². The van der Waals surface area contributed by atoms with E-state index in [9.17, 15) is 19.5 Å². The zero-order valence-corrected chi connectivity index (χ0v) is 24.4. The summed E-state index contributed by atoms with van der Waals surface area (Å²) in [4.78, 5) is 39.7. The highest BCUT2D eigenvalue weighted by molar-refractivity contribution is 5.97. The summed E-state index contributed by atoms with van der Waals surface area (Å²) in [5.41, 5.74) is 0.824. The van der Waals surface area contributed by atoms with Gasteiger partial charge in [0.2, 0.25) is 0 Å². The maximum absolute atomic E-state index is 13.4. The first-order valence-electron chi connectivity index (χ1n) is 14.8. The van der Waals surface area contributed by atoms with Gasteiger partial charge in [-0.3, -0.25) is 0 Å². The predicted octanol–water partition coefficient (Wildman–Crippen LogP) is 6.47. The normalized spacial score (nSPS) is 19.2. The standard InChI is InChI=1S/C38H28O8/c39-35(29-16-13-23-7-1-4-10-26(23)19-29)43-22-32-33(45-36(40)30-17-14-24-8-2-5-11-27(24)20-30)34(38(42)44-32)46-37(41)31-18-15-25-9-3-6-12-28(25)21-31/h1-21,32-34,38,42H,22H2/t32-,33-,34+,38?/m0/s1. The zero-order chi connectivity index (χ0) is 31.6. The Hall–Kier alpha value is -5.57. The van der Waals surface area contributed by atoms with Crippen molar-refractivity contribution >= 4 is 50.2 Å². The molecule has 0 radical (unpaired) electrons. The molecule has 1 heterocycles. The number of esters is 3. The molecule has 0 amide bonds. The fourth-order valence-electron chi connectivity index (χ4n) is 5.68. The van der Waals surface area contributed by atoms with Crippen LogP contribution in [0.5, 0.6) is 0 Å². The second-order valence-electron chi connectivity index (χ2n) is 11.1. The largest absolute Gasteiger partial charge is 0.459 e. The fourth-order valence-corrected chi connectivity index (χ4v) is 5.68. The molecule has 6 aromatic carbocycles. The second kappa shape index (κ2) is 12.4. The first-order valence-corrected chi connectivity index (χ1v) is 14.8. The van der Waals surface area contributed by atoms with Crippen molar-refractivity contribution in [3.8, 4) is 0 Å². The lowest BCUT2D eigenvalue weighted by molar-refractivity contribution is -0.135.